The summed E-state index contributed by atoms with van der Waals surface area (Å²) in [4.78, 5) is 0. The standard InChI is InChI=1S/C11H14O2S/c1-12-10-4-2-9(3-5-10)11(8-14)6-13-7-11/h2-5,14H,6-8H2,1H3. The first-order chi connectivity index (χ1) is 6.80. The lowest BCUT2D eigenvalue weighted by Gasteiger charge is -2.40. The van der Waals surface area contributed by atoms with E-state index in [0.29, 0.717) is 0 Å². The molecule has 2 nitrogen and oxygen atoms in total. The van der Waals surface area contributed by atoms with Crippen molar-refractivity contribution in [3.05, 3.63) is 29.8 Å². The molecule has 1 fully saturated rings. The van der Waals surface area contributed by atoms with Gasteiger partial charge >= 0.3 is 0 Å². The van der Waals surface area contributed by atoms with E-state index < -0.39 is 0 Å². The van der Waals surface area contributed by atoms with Crippen LogP contribution in [0.3, 0.4) is 0 Å². The fourth-order valence-corrected chi connectivity index (χ4v) is 2.01. The van der Waals surface area contributed by atoms with Gasteiger partial charge in [-0.15, -0.1) is 0 Å². The Bertz CT molecular complexity index is 298. The largest absolute Gasteiger partial charge is 0.497 e. The number of methoxy groups -OCH3 is 1. The second-order valence-electron chi connectivity index (χ2n) is 3.66. The minimum Gasteiger partial charge on any atom is -0.497 e. The fourth-order valence-electron chi connectivity index (χ4n) is 1.64. The van der Waals surface area contributed by atoms with Gasteiger partial charge in [0.1, 0.15) is 5.75 Å². The van der Waals surface area contributed by atoms with E-state index in [4.69, 9.17) is 9.47 Å². The Hall–Kier alpha value is -0.670. The van der Waals surface area contributed by atoms with Crippen molar-refractivity contribution in [3.63, 3.8) is 0 Å². The molecular weight excluding hydrogens is 196 g/mol. The first-order valence-electron chi connectivity index (χ1n) is 4.64. The van der Waals surface area contributed by atoms with Gasteiger partial charge in [-0.1, -0.05) is 12.1 Å². The minimum atomic E-state index is 0.134. The van der Waals surface area contributed by atoms with Crippen molar-refractivity contribution >= 4 is 12.6 Å². The van der Waals surface area contributed by atoms with Gasteiger partial charge in [-0.3, -0.25) is 0 Å². The SMILES string of the molecule is COc1ccc(C2(CS)COC2)cc1. The van der Waals surface area contributed by atoms with Crippen molar-refractivity contribution in [1.29, 1.82) is 0 Å². The molecule has 1 saturated heterocycles. The van der Waals surface area contributed by atoms with Crippen LogP contribution in [0.2, 0.25) is 0 Å². The Balaban J connectivity index is 2.23. The maximum absolute atomic E-state index is 5.26. The van der Waals surface area contributed by atoms with Gasteiger partial charge < -0.3 is 9.47 Å². The number of ether oxygens (including phenoxy) is 2. The number of thiol groups is 1. The van der Waals surface area contributed by atoms with Crippen LogP contribution in [0.5, 0.6) is 5.75 Å². The van der Waals surface area contributed by atoms with Gasteiger partial charge in [-0.05, 0) is 17.7 Å². The zero-order valence-corrected chi connectivity index (χ0v) is 9.09. The third kappa shape index (κ3) is 1.51. The number of benzene rings is 1. The number of hydrogen-bond acceptors (Lipinski definition) is 3. The van der Waals surface area contributed by atoms with E-state index >= 15 is 0 Å². The molecule has 0 radical (unpaired) electrons. The quantitative estimate of drug-likeness (QED) is 0.768. The van der Waals surface area contributed by atoms with Crippen molar-refractivity contribution in [1.82, 2.24) is 0 Å². The van der Waals surface area contributed by atoms with Gasteiger partial charge in [0, 0.05) is 5.75 Å². The Labute approximate surface area is 89.6 Å². The molecule has 0 aliphatic carbocycles. The van der Waals surface area contributed by atoms with Crippen molar-refractivity contribution in [2.45, 2.75) is 5.41 Å². The van der Waals surface area contributed by atoms with Crippen LogP contribution in [0.25, 0.3) is 0 Å². The van der Waals surface area contributed by atoms with Gasteiger partial charge in [0.25, 0.3) is 0 Å². The lowest BCUT2D eigenvalue weighted by molar-refractivity contribution is -0.0471. The fraction of sp³-hybridized carbons (Fsp3) is 0.455. The van der Waals surface area contributed by atoms with Crippen molar-refractivity contribution in [2.24, 2.45) is 0 Å². The summed E-state index contributed by atoms with van der Waals surface area (Å²) in [5.41, 5.74) is 1.43. The van der Waals surface area contributed by atoms with Crippen molar-refractivity contribution in [2.75, 3.05) is 26.1 Å². The lowest BCUT2D eigenvalue weighted by atomic mass is 9.80. The zero-order valence-electron chi connectivity index (χ0n) is 8.19. The third-order valence-corrected chi connectivity index (χ3v) is 3.37. The summed E-state index contributed by atoms with van der Waals surface area (Å²) < 4.78 is 10.4. The number of hydrogen-bond donors (Lipinski definition) is 1. The topological polar surface area (TPSA) is 18.5 Å². The molecule has 0 amide bonds. The summed E-state index contributed by atoms with van der Waals surface area (Å²) in [5, 5.41) is 0. The molecule has 0 spiro atoms. The van der Waals surface area contributed by atoms with E-state index in [1.54, 1.807) is 7.11 Å². The van der Waals surface area contributed by atoms with Crippen LogP contribution in [-0.2, 0) is 10.2 Å². The van der Waals surface area contributed by atoms with Gasteiger partial charge in [0.2, 0.25) is 0 Å². The third-order valence-electron chi connectivity index (χ3n) is 2.76. The Kier molecular flexibility index (Phi) is 2.70. The zero-order chi connectivity index (χ0) is 10.0. The van der Waals surface area contributed by atoms with Crippen molar-refractivity contribution in [3.8, 4) is 5.75 Å². The van der Waals surface area contributed by atoms with Crippen LogP contribution in [0.4, 0.5) is 0 Å². The second-order valence-corrected chi connectivity index (χ2v) is 3.98. The van der Waals surface area contributed by atoms with E-state index in [9.17, 15) is 0 Å². The van der Waals surface area contributed by atoms with E-state index in [1.165, 1.54) is 5.56 Å². The maximum atomic E-state index is 5.26. The molecule has 14 heavy (non-hydrogen) atoms. The molecule has 76 valence electrons. The molecule has 1 aliphatic heterocycles. The van der Waals surface area contributed by atoms with Crippen LogP contribution < -0.4 is 4.74 Å². The van der Waals surface area contributed by atoms with Gasteiger partial charge in [-0.25, -0.2) is 0 Å². The molecule has 0 unspecified atom stereocenters. The Morgan fingerprint density at radius 2 is 2.00 bits per heavy atom. The molecule has 0 N–H and O–H groups in total. The number of rotatable bonds is 3. The molecule has 0 bridgehead atoms. The summed E-state index contributed by atoms with van der Waals surface area (Å²) in [6.45, 7) is 1.56. The Morgan fingerprint density at radius 1 is 1.36 bits per heavy atom. The molecule has 3 heteroatoms. The normalized spacial score (nSPS) is 18.7. The van der Waals surface area contributed by atoms with Gasteiger partial charge in [0.15, 0.2) is 0 Å². The molecule has 0 aromatic heterocycles. The summed E-state index contributed by atoms with van der Waals surface area (Å²) in [7, 11) is 1.68. The highest BCUT2D eigenvalue weighted by molar-refractivity contribution is 7.80. The highest BCUT2D eigenvalue weighted by Crippen LogP contribution is 2.34. The first kappa shape index (κ1) is 9.87. The van der Waals surface area contributed by atoms with Crippen molar-refractivity contribution < 1.29 is 9.47 Å². The molecule has 0 saturated carbocycles. The van der Waals surface area contributed by atoms with E-state index in [-0.39, 0.29) is 5.41 Å². The maximum Gasteiger partial charge on any atom is 0.118 e. The molecule has 0 atom stereocenters. The van der Waals surface area contributed by atoms with Crippen LogP contribution in [0.1, 0.15) is 5.56 Å². The highest BCUT2D eigenvalue weighted by Gasteiger charge is 2.38. The average molecular weight is 210 g/mol. The monoisotopic (exact) mass is 210 g/mol. The molecule has 1 aromatic rings. The lowest BCUT2D eigenvalue weighted by Crippen LogP contribution is -2.48. The van der Waals surface area contributed by atoms with E-state index in [2.05, 4.69) is 24.8 Å². The minimum absolute atomic E-state index is 0.134. The van der Waals surface area contributed by atoms with Crippen LogP contribution in [0.15, 0.2) is 24.3 Å². The molecule has 1 aromatic carbocycles. The summed E-state index contributed by atoms with van der Waals surface area (Å²) in [5.74, 6) is 1.72. The van der Waals surface area contributed by atoms with Crippen LogP contribution in [0, 0.1) is 0 Å². The summed E-state index contributed by atoms with van der Waals surface area (Å²) >= 11 is 4.38. The Morgan fingerprint density at radius 3 is 2.36 bits per heavy atom. The van der Waals surface area contributed by atoms with E-state index in [0.717, 1.165) is 24.7 Å². The summed E-state index contributed by atoms with van der Waals surface area (Å²) in [6, 6.07) is 8.16. The second kappa shape index (κ2) is 3.83. The van der Waals surface area contributed by atoms with Crippen LogP contribution >= 0.6 is 12.6 Å². The smallest absolute Gasteiger partial charge is 0.118 e. The predicted octanol–water partition coefficient (Wildman–Crippen LogP) is 1.89. The molecular formula is C11H14O2S. The average Bonchev–Trinajstić information content (AvgIpc) is 2.18. The molecule has 1 aliphatic rings. The summed E-state index contributed by atoms with van der Waals surface area (Å²) in [6.07, 6.45) is 0. The molecule has 1 heterocycles. The predicted molar refractivity (Wildman–Crippen MR) is 59.3 cm³/mol. The van der Waals surface area contributed by atoms with E-state index in [1.807, 2.05) is 12.1 Å². The van der Waals surface area contributed by atoms with Crippen LogP contribution in [-0.4, -0.2) is 26.1 Å². The first-order valence-corrected chi connectivity index (χ1v) is 5.27. The highest BCUT2D eigenvalue weighted by atomic mass is 32.1. The molecule has 2 rings (SSSR count). The van der Waals surface area contributed by atoms with Gasteiger partial charge in [-0.2, -0.15) is 12.6 Å². The van der Waals surface area contributed by atoms with Gasteiger partial charge in [0.05, 0.1) is 25.7 Å².